The summed E-state index contributed by atoms with van der Waals surface area (Å²) in [5, 5.41) is 6.22. The van der Waals surface area contributed by atoms with E-state index in [4.69, 9.17) is 9.47 Å². The van der Waals surface area contributed by atoms with Crippen LogP contribution in [0.2, 0.25) is 0 Å². The summed E-state index contributed by atoms with van der Waals surface area (Å²) in [5.41, 5.74) is 6.38. The van der Waals surface area contributed by atoms with Crippen molar-refractivity contribution in [3.05, 3.63) is 83.4 Å². The summed E-state index contributed by atoms with van der Waals surface area (Å²) in [4.78, 5) is 28.5. The van der Waals surface area contributed by atoms with Crippen LogP contribution in [0.25, 0.3) is 15.8 Å². The van der Waals surface area contributed by atoms with Gasteiger partial charge >= 0.3 is 5.97 Å². The second kappa shape index (κ2) is 8.76. The fraction of sp³-hybridized carbons (Fsp3) is 0.0800. The molecule has 4 aromatic rings. The maximum atomic E-state index is 12.5. The van der Waals surface area contributed by atoms with Gasteiger partial charge in [-0.2, -0.15) is 0 Å². The van der Waals surface area contributed by atoms with Gasteiger partial charge < -0.3 is 20.1 Å². The van der Waals surface area contributed by atoms with Crippen LogP contribution in [0.5, 0.6) is 11.5 Å². The molecule has 7 nitrogen and oxygen atoms in total. The van der Waals surface area contributed by atoms with E-state index in [2.05, 4.69) is 15.6 Å². The van der Waals surface area contributed by atoms with Crippen LogP contribution in [0.4, 0.5) is 11.4 Å². The Morgan fingerprint density at radius 1 is 1.12 bits per heavy atom. The molecule has 3 aromatic carbocycles. The van der Waals surface area contributed by atoms with Crippen molar-refractivity contribution in [3.63, 3.8) is 0 Å². The molecular formula is C25H19N3O4S. The van der Waals surface area contributed by atoms with Crippen molar-refractivity contribution in [3.8, 4) is 11.5 Å². The lowest BCUT2D eigenvalue weighted by molar-refractivity contribution is -0.110. The monoisotopic (exact) mass is 457 g/mol. The van der Waals surface area contributed by atoms with E-state index in [0.717, 1.165) is 27.2 Å². The predicted molar refractivity (Wildman–Crippen MR) is 129 cm³/mol. The van der Waals surface area contributed by atoms with E-state index < -0.39 is 5.97 Å². The quantitative estimate of drug-likeness (QED) is 0.301. The number of hydrogen-bond acceptors (Lipinski definition) is 7. The minimum Gasteiger partial charge on any atom is -0.465 e. The van der Waals surface area contributed by atoms with Gasteiger partial charge in [-0.05, 0) is 54.6 Å². The number of nitrogens with one attached hydrogen (secondary N) is 2. The average Bonchev–Trinajstić information content (AvgIpc) is 3.43. The molecule has 1 aliphatic heterocycles. The molecule has 0 atom stereocenters. The highest BCUT2D eigenvalue weighted by atomic mass is 32.1. The molecule has 0 saturated heterocycles. The van der Waals surface area contributed by atoms with Gasteiger partial charge in [0.1, 0.15) is 11.5 Å². The van der Waals surface area contributed by atoms with Crippen molar-refractivity contribution >= 4 is 50.4 Å². The molecule has 2 heterocycles. The second-order valence-electron chi connectivity index (χ2n) is 7.29. The zero-order valence-corrected chi connectivity index (χ0v) is 18.4. The lowest BCUT2D eigenvalue weighted by atomic mass is 10.1. The summed E-state index contributed by atoms with van der Waals surface area (Å²) < 4.78 is 11.6. The maximum absolute atomic E-state index is 12.5. The molecule has 1 amide bonds. The molecular weight excluding hydrogens is 438 g/mol. The van der Waals surface area contributed by atoms with Crippen LogP contribution >= 0.6 is 11.3 Å². The number of esters is 1. The van der Waals surface area contributed by atoms with Crippen LogP contribution in [-0.2, 0) is 9.53 Å². The van der Waals surface area contributed by atoms with E-state index in [-0.39, 0.29) is 5.91 Å². The number of benzene rings is 3. The summed E-state index contributed by atoms with van der Waals surface area (Å²) >= 11 is 1.53. The van der Waals surface area contributed by atoms with Crippen LogP contribution in [0.3, 0.4) is 0 Å². The zero-order valence-electron chi connectivity index (χ0n) is 17.6. The van der Waals surface area contributed by atoms with Crippen molar-refractivity contribution in [2.75, 3.05) is 24.3 Å². The van der Waals surface area contributed by atoms with Crippen molar-refractivity contribution in [1.82, 2.24) is 4.98 Å². The first-order valence-corrected chi connectivity index (χ1v) is 11.1. The highest BCUT2D eigenvalue weighted by molar-refractivity contribution is 7.17. The maximum Gasteiger partial charge on any atom is 0.337 e. The molecule has 0 bridgehead atoms. The van der Waals surface area contributed by atoms with Crippen molar-refractivity contribution in [2.24, 2.45) is 0 Å². The SMILES string of the molecule is COC(=O)c1cccc(Oc2ccc(NCC=C3C(=O)Nc4ccc5ncsc5c43)cc2)c1. The van der Waals surface area contributed by atoms with Crippen LogP contribution in [0.15, 0.2) is 72.3 Å². The first-order chi connectivity index (χ1) is 16.1. The first-order valence-electron chi connectivity index (χ1n) is 10.2. The molecule has 33 heavy (non-hydrogen) atoms. The molecule has 0 radical (unpaired) electrons. The Kier molecular flexibility index (Phi) is 5.50. The zero-order chi connectivity index (χ0) is 22.8. The summed E-state index contributed by atoms with van der Waals surface area (Å²) in [6.07, 6.45) is 1.89. The number of carbonyl (C=O) groups excluding carboxylic acids is 2. The average molecular weight is 458 g/mol. The van der Waals surface area contributed by atoms with Gasteiger partial charge in [0.05, 0.1) is 34.1 Å². The third-order valence-corrected chi connectivity index (χ3v) is 6.08. The van der Waals surface area contributed by atoms with Crippen LogP contribution in [-0.4, -0.2) is 30.5 Å². The number of aromatic nitrogens is 1. The third kappa shape index (κ3) is 4.16. The molecule has 0 aliphatic carbocycles. The van der Waals surface area contributed by atoms with Crippen molar-refractivity contribution < 1.29 is 19.1 Å². The number of hydrogen-bond donors (Lipinski definition) is 2. The molecule has 8 heteroatoms. The summed E-state index contributed by atoms with van der Waals surface area (Å²) in [6.45, 7) is 0.485. The van der Waals surface area contributed by atoms with Gasteiger partial charge in [-0.15, -0.1) is 11.3 Å². The Bertz CT molecular complexity index is 1390. The number of ether oxygens (including phenoxy) is 2. The van der Waals surface area contributed by atoms with Crippen LogP contribution in [0, 0.1) is 0 Å². The lowest BCUT2D eigenvalue weighted by Gasteiger charge is -2.09. The molecule has 1 aromatic heterocycles. The van der Waals surface area contributed by atoms with Crippen LogP contribution < -0.4 is 15.4 Å². The largest absolute Gasteiger partial charge is 0.465 e. The standard InChI is InChI=1S/C25H19N3O4S/c1-31-25(30)15-3-2-4-18(13-15)32-17-7-5-16(6-8-17)26-12-11-19-22-20(28-24(19)29)9-10-21-23(22)33-14-27-21/h2-11,13-14,26H,12H2,1H3,(H,28,29). The fourth-order valence-corrected chi connectivity index (χ4v) is 4.50. The highest BCUT2D eigenvalue weighted by Crippen LogP contribution is 2.39. The summed E-state index contributed by atoms with van der Waals surface area (Å²) in [6, 6.07) is 18.1. The van der Waals surface area contributed by atoms with Crippen molar-refractivity contribution in [2.45, 2.75) is 0 Å². The first kappa shape index (κ1) is 20.7. The number of rotatable bonds is 6. The van der Waals surface area contributed by atoms with Gasteiger partial charge in [-0.1, -0.05) is 12.1 Å². The molecule has 0 spiro atoms. The Balaban J connectivity index is 1.26. The molecule has 164 valence electrons. The molecule has 1 aliphatic rings. The number of nitrogens with zero attached hydrogens (tertiary/aromatic N) is 1. The van der Waals surface area contributed by atoms with Gasteiger partial charge in [-0.3, -0.25) is 4.79 Å². The lowest BCUT2D eigenvalue weighted by Crippen LogP contribution is -2.06. The van der Waals surface area contributed by atoms with Gasteiger partial charge in [0.25, 0.3) is 5.91 Å². The fourth-order valence-electron chi connectivity index (χ4n) is 3.65. The normalized spacial score (nSPS) is 13.6. The molecule has 5 rings (SSSR count). The highest BCUT2D eigenvalue weighted by Gasteiger charge is 2.26. The third-order valence-electron chi connectivity index (χ3n) is 5.22. The predicted octanol–water partition coefficient (Wildman–Crippen LogP) is 5.32. The number of methoxy groups -OCH3 is 1. The van der Waals surface area contributed by atoms with Gasteiger partial charge in [0.15, 0.2) is 0 Å². The minimum atomic E-state index is -0.413. The van der Waals surface area contributed by atoms with Crippen LogP contribution in [0.1, 0.15) is 15.9 Å². The van der Waals surface area contributed by atoms with Gasteiger partial charge in [0.2, 0.25) is 0 Å². The Labute approximate surface area is 193 Å². The minimum absolute atomic E-state index is 0.106. The number of anilines is 2. The van der Waals surface area contributed by atoms with Gasteiger partial charge in [-0.25, -0.2) is 9.78 Å². The van der Waals surface area contributed by atoms with E-state index in [1.165, 1.54) is 18.4 Å². The summed E-state index contributed by atoms with van der Waals surface area (Å²) in [7, 11) is 1.34. The van der Waals surface area contributed by atoms with Gasteiger partial charge in [0, 0.05) is 23.4 Å². The second-order valence-corrected chi connectivity index (χ2v) is 8.14. The van der Waals surface area contributed by atoms with E-state index >= 15 is 0 Å². The number of carbonyl (C=O) groups is 2. The number of fused-ring (bicyclic) bond motifs is 3. The molecule has 2 N–H and O–H groups in total. The van der Waals surface area contributed by atoms with E-state index in [9.17, 15) is 9.59 Å². The Morgan fingerprint density at radius 2 is 1.97 bits per heavy atom. The number of thiazole rings is 1. The molecule has 0 fully saturated rings. The van der Waals surface area contributed by atoms with E-state index in [1.54, 1.807) is 29.8 Å². The molecule has 0 unspecified atom stereocenters. The number of amides is 1. The summed E-state index contributed by atoms with van der Waals surface area (Å²) in [5.74, 6) is 0.663. The topological polar surface area (TPSA) is 89.5 Å². The smallest absolute Gasteiger partial charge is 0.337 e. The van der Waals surface area contributed by atoms with Crippen molar-refractivity contribution in [1.29, 1.82) is 0 Å². The van der Waals surface area contributed by atoms with E-state index in [1.807, 2.05) is 42.5 Å². The van der Waals surface area contributed by atoms with E-state index in [0.29, 0.717) is 29.2 Å². The molecule has 0 saturated carbocycles. The Morgan fingerprint density at radius 3 is 2.79 bits per heavy atom. The Hall–Kier alpha value is -4.17.